The van der Waals surface area contributed by atoms with Gasteiger partial charge in [0, 0.05) is 45.7 Å². The van der Waals surface area contributed by atoms with Crippen molar-refractivity contribution < 1.29 is 22.7 Å². The summed E-state index contributed by atoms with van der Waals surface area (Å²) in [5.41, 5.74) is 2.72. The normalized spacial score (nSPS) is 16.6. The summed E-state index contributed by atoms with van der Waals surface area (Å²) in [5.74, 6) is 1.54. The van der Waals surface area contributed by atoms with Crippen LogP contribution in [0.5, 0.6) is 11.5 Å². The predicted molar refractivity (Wildman–Crippen MR) is 125 cm³/mol. The maximum atomic E-state index is 12.6. The number of aryl methyl sites for hydroxylation is 2. The molecule has 4 rings (SSSR count). The van der Waals surface area contributed by atoms with Gasteiger partial charge in [0.1, 0.15) is 13.2 Å². The molecule has 0 radical (unpaired) electrons. The van der Waals surface area contributed by atoms with E-state index in [4.69, 9.17) is 9.47 Å². The maximum absolute atomic E-state index is 12.6. The Kier molecular flexibility index (Phi) is 7.21. The minimum Gasteiger partial charge on any atom is -0.486 e. The second-order valence-corrected chi connectivity index (χ2v) is 10.3. The molecule has 2 aromatic rings. The van der Waals surface area contributed by atoms with Crippen LogP contribution in [0.25, 0.3) is 0 Å². The van der Waals surface area contributed by atoms with Crippen molar-refractivity contribution >= 4 is 15.9 Å². The molecule has 178 valence electrons. The van der Waals surface area contributed by atoms with Gasteiger partial charge in [-0.1, -0.05) is 18.2 Å². The third kappa shape index (κ3) is 5.85. The number of nitrogens with zero attached hydrogens (tertiary/aromatic N) is 2. The lowest BCUT2D eigenvalue weighted by Gasteiger charge is -2.35. The molecule has 1 N–H and O–H groups in total. The highest BCUT2D eigenvalue weighted by Crippen LogP contribution is 2.31. The molecule has 2 aliphatic heterocycles. The van der Waals surface area contributed by atoms with Gasteiger partial charge in [-0.05, 0) is 48.7 Å². The molecule has 0 aromatic heterocycles. The number of benzene rings is 2. The van der Waals surface area contributed by atoms with E-state index in [9.17, 15) is 13.2 Å². The van der Waals surface area contributed by atoms with Gasteiger partial charge in [-0.15, -0.1) is 0 Å². The fourth-order valence-corrected chi connectivity index (χ4v) is 5.48. The molecule has 0 spiro atoms. The van der Waals surface area contributed by atoms with Crippen LogP contribution in [-0.4, -0.2) is 70.1 Å². The number of carbonyl (C=O) groups excluding carboxylic acids is 1. The largest absolute Gasteiger partial charge is 0.486 e. The number of sulfonamides is 1. The third-order valence-corrected chi connectivity index (χ3v) is 7.60. The Bertz CT molecular complexity index is 1110. The van der Waals surface area contributed by atoms with E-state index in [2.05, 4.69) is 9.62 Å². The molecule has 33 heavy (non-hydrogen) atoms. The van der Waals surface area contributed by atoms with Crippen LogP contribution in [0.15, 0.2) is 41.3 Å². The molecular formula is C24H31N3O5S. The van der Waals surface area contributed by atoms with Gasteiger partial charge in [-0.3, -0.25) is 9.69 Å². The second kappa shape index (κ2) is 10.1. The highest BCUT2D eigenvalue weighted by Gasteiger charge is 2.23. The lowest BCUT2D eigenvalue weighted by Crippen LogP contribution is -2.48. The van der Waals surface area contributed by atoms with E-state index in [1.54, 1.807) is 19.1 Å². The van der Waals surface area contributed by atoms with E-state index in [-0.39, 0.29) is 23.8 Å². The van der Waals surface area contributed by atoms with E-state index in [0.29, 0.717) is 31.9 Å². The van der Waals surface area contributed by atoms with Crippen molar-refractivity contribution in [2.45, 2.75) is 31.7 Å². The first-order valence-electron chi connectivity index (χ1n) is 11.3. The molecule has 0 atom stereocenters. The minimum atomic E-state index is -3.64. The van der Waals surface area contributed by atoms with Crippen molar-refractivity contribution in [3.63, 3.8) is 0 Å². The molecule has 0 saturated carbocycles. The Labute approximate surface area is 195 Å². The summed E-state index contributed by atoms with van der Waals surface area (Å²) >= 11 is 0. The lowest BCUT2D eigenvalue weighted by molar-refractivity contribution is -0.132. The Morgan fingerprint density at radius 2 is 1.70 bits per heavy atom. The van der Waals surface area contributed by atoms with Gasteiger partial charge in [0.2, 0.25) is 15.9 Å². The van der Waals surface area contributed by atoms with Crippen molar-refractivity contribution in [1.29, 1.82) is 0 Å². The monoisotopic (exact) mass is 473 g/mol. The van der Waals surface area contributed by atoms with Crippen LogP contribution in [0.4, 0.5) is 0 Å². The van der Waals surface area contributed by atoms with E-state index in [0.717, 1.165) is 42.3 Å². The number of hydrogen-bond donors (Lipinski definition) is 1. The molecule has 0 aliphatic carbocycles. The summed E-state index contributed by atoms with van der Waals surface area (Å²) in [4.78, 5) is 17.0. The van der Waals surface area contributed by atoms with Crippen LogP contribution in [0, 0.1) is 13.8 Å². The Morgan fingerprint density at radius 1 is 0.970 bits per heavy atom. The number of ether oxygens (including phenoxy) is 2. The van der Waals surface area contributed by atoms with Gasteiger partial charge in [-0.25, -0.2) is 13.1 Å². The molecule has 0 unspecified atom stereocenters. The third-order valence-electron chi connectivity index (χ3n) is 6.00. The highest BCUT2D eigenvalue weighted by molar-refractivity contribution is 7.89. The Balaban J connectivity index is 1.23. The first-order chi connectivity index (χ1) is 15.8. The van der Waals surface area contributed by atoms with Crippen molar-refractivity contribution in [3.8, 4) is 11.5 Å². The van der Waals surface area contributed by atoms with Crippen LogP contribution < -0.4 is 14.2 Å². The van der Waals surface area contributed by atoms with E-state index >= 15 is 0 Å². The fraction of sp³-hybridized carbons (Fsp3) is 0.458. The summed E-state index contributed by atoms with van der Waals surface area (Å²) in [6.07, 6.45) is 0.145. The van der Waals surface area contributed by atoms with Gasteiger partial charge < -0.3 is 14.4 Å². The van der Waals surface area contributed by atoms with Crippen molar-refractivity contribution in [2.75, 3.05) is 45.9 Å². The van der Waals surface area contributed by atoms with Crippen LogP contribution >= 0.6 is 0 Å². The summed E-state index contributed by atoms with van der Waals surface area (Å²) < 4.78 is 39.0. The smallest absolute Gasteiger partial charge is 0.240 e. The Hall–Kier alpha value is -2.62. The topological polar surface area (TPSA) is 88.2 Å². The molecule has 1 saturated heterocycles. The minimum absolute atomic E-state index is 0.0300. The molecule has 0 bridgehead atoms. The number of hydrogen-bond acceptors (Lipinski definition) is 6. The van der Waals surface area contributed by atoms with E-state index in [1.807, 2.05) is 36.1 Å². The molecule has 8 nitrogen and oxygen atoms in total. The molecule has 2 aliphatic rings. The number of piperazine rings is 1. The maximum Gasteiger partial charge on any atom is 0.240 e. The highest BCUT2D eigenvalue weighted by atomic mass is 32.2. The number of amides is 1. The van der Waals surface area contributed by atoms with Crippen molar-refractivity contribution in [1.82, 2.24) is 14.5 Å². The summed E-state index contributed by atoms with van der Waals surface area (Å²) in [6, 6.07) is 11.3. The number of fused-ring (bicyclic) bond motifs is 1. The van der Waals surface area contributed by atoms with Gasteiger partial charge in [0.15, 0.2) is 11.5 Å². The SMILES string of the molecule is Cc1ccc(C)c(S(=O)(=O)NCCC(=O)N2CCN(Cc3ccc4c(c3)OCCO4)CC2)c1. The van der Waals surface area contributed by atoms with E-state index < -0.39 is 10.0 Å². The Morgan fingerprint density at radius 3 is 2.45 bits per heavy atom. The summed E-state index contributed by atoms with van der Waals surface area (Å²) in [5, 5.41) is 0. The number of nitrogens with one attached hydrogen (secondary N) is 1. The van der Waals surface area contributed by atoms with Crippen molar-refractivity contribution in [3.05, 3.63) is 53.1 Å². The van der Waals surface area contributed by atoms with Gasteiger partial charge >= 0.3 is 0 Å². The van der Waals surface area contributed by atoms with E-state index in [1.165, 1.54) is 0 Å². The molecule has 2 aromatic carbocycles. The second-order valence-electron chi connectivity index (χ2n) is 8.55. The van der Waals surface area contributed by atoms with Gasteiger partial charge in [0.05, 0.1) is 4.90 Å². The molecule has 2 heterocycles. The molecule has 9 heteroatoms. The lowest BCUT2D eigenvalue weighted by atomic mass is 10.1. The average molecular weight is 474 g/mol. The van der Waals surface area contributed by atoms with Crippen LogP contribution in [0.3, 0.4) is 0 Å². The number of rotatable bonds is 7. The van der Waals surface area contributed by atoms with Crippen LogP contribution in [0.1, 0.15) is 23.1 Å². The fourth-order valence-electron chi connectivity index (χ4n) is 4.12. The zero-order valence-corrected chi connectivity index (χ0v) is 20.0. The first-order valence-corrected chi connectivity index (χ1v) is 12.8. The summed E-state index contributed by atoms with van der Waals surface area (Å²) in [7, 11) is -3.64. The zero-order valence-electron chi connectivity index (χ0n) is 19.2. The van der Waals surface area contributed by atoms with Crippen LogP contribution in [-0.2, 0) is 21.4 Å². The summed E-state index contributed by atoms with van der Waals surface area (Å²) in [6.45, 7) is 8.45. The first kappa shape index (κ1) is 23.5. The number of carbonyl (C=O) groups is 1. The van der Waals surface area contributed by atoms with Gasteiger partial charge in [0.25, 0.3) is 0 Å². The van der Waals surface area contributed by atoms with Crippen LogP contribution in [0.2, 0.25) is 0 Å². The molecular weight excluding hydrogens is 442 g/mol. The predicted octanol–water partition coefficient (Wildman–Crippen LogP) is 2.09. The zero-order chi connectivity index (χ0) is 23.4. The standard InChI is InChI=1S/C24H31N3O5S/c1-18-3-4-19(2)23(15-18)33(29,30)25-8-7-24(28)27-11-9-26(10-12-27)17-20-5-6-21-22(16-20)32-14-13-31-21/h3-6,15-16,25H,7-14,17H2,1-2H3. The molecule has 1 fully saturated rings. The molecule has 1 amide bonds. The van der Waals surface area contributed by atoms with Gasteiger partial charge in [-0.2, -0.15) is 0 Å². The average Bonchev–Trinajstić information content (AvgIpc) is 2.81. The quantitative estimate of drug-likeness (QED) is 0.663. The van der Waals surface area contributed by atoms with Crippen molar-refractivity contribution in [2.24, 2.45) is 0 Å².